The van der Waals surface area contributed by atoms with Gasteiger partial charge in [-0.3, -0.25) is 20.3 Å². The fraction of sp³-hybridized carbons (Fsp3) is 0.0769. The summed E-state index contributed by atoms with van der Waals surface area (Å²) in [6.07, 6.45) is 0.999. The average molecular weight is 351 g/mol. The maximum Gasteiger partial charge on any atom is 0.287 e. The van der Waals surface area contributed by atoms with E-state index in [1.165, 1.54) is 43.3 Å². The van der Waals surface area contributed by atoms with E-state index in [9.17, 15) is 23.3 Å². The van der Waals surface area contributed by atoms with Gasteiger partial charge in [-0.15, -0.1) is 4.83 Å². The van der Waals surface area contributed by atoms with Crippen LogP contribution in [0.1, 0.15) is 6.92 Å². The Bertz CT molecular complexity index is 849. The van der Waals surface area contributed by atoms with Gasteiger partial charge in [0.2, 0.25) is 5.91 Å². The Hall–Kier alpha value is -3.05. The Kier molecular flexibility index (Phi) is 5.06. The number of sulfonamides is 1. The molecule has 3 N–H and O–H groups in total. The molecule has 24 heavy (non-hydrogen) atoms. The number of pyridine rings is 1. The topological polar surface area (TPSA) is 143 Å². The molecule has 0 atom stereocenters. The molecule has 2 rings (SSSR count). The van der Waals surface area contributed by atoms with E-state index in [4.69, 9.17) is 0 Å². The molecule has 0 radical (unpaired) electrons. The lowest BCUT2D eigenvalue weighted by Crippen LogP contribution is -2.29. The summed E-state index contributed by atoms with van der Waals surface area (Å²) in [6.45, 7) is 1.34. The number of carbonyl (C=O) groups is 1. The molecular weight excluding hydrogens is 338 g/mol. The number of hydrazine groups is 1. The highest BCUT2D eigenvalue weighted by molar-refractivity contribution is 7.89. The number of nitrogens with zero attached hydrogens (tertiary/aromatic N) is 2. The minimum Gasteiger partial charge on any atom is -0.326 e. The van der Waals surface area contributed by atoms with Crippen LogP contribution >= 0.6 is 0 Å². The molecule has 0 saturated carbocycles. The Morgan fingerprint density at radius 1 is 1.17 bits per heavy atom. The van der Waals surface area contributed by atoms with Crippen molar-refractivity contribution in [2.24, 2.45) is 0 Å². The minimum atomic E-state index is -3.88. The molecule has 0 fully saturated rings. The quantitative estimate of drug-likeness (QED) is 0.525. The summed E-state index contributed by atoms with van der Waals surface area (Å²) in [7, 11) is -3.88. The van der Waals surface area contributed by atoms with Crippen LogP contribution in [0.2, 0.25) is 0 Å². The summed E-state index contributed by atoms with van der Waals surface area (Å²) in [4.78, 5) is 26.6. The molecule has 0 saturated heterocycles. The lowest BCUT2D eigenvalue weighted by Gasteiger charge is -2.09. The van der Waals surface area contributed by atoms with Gasteiger partial charge >= 0.3 is 0 Å². The minimum absolute atomic E-state index is 0.0361. The van der Waals surface area contributed by atoms with Crippen molar-refractivity contribution >= 4 is 33.1 Å². The summed E-state index contributed by atoms with van der Waals surface area (Å²) in [5.41, 5.74) is 2.61. The van der Waals surface area contributed by atoms with Crippen LogP contribution in [0.15, 0.2) is 47.5 Å². The first-order valence-corrected chi connectivity index (χ1v) is 8.02. The zero-order valence-electron chi connectivity index (χ0n) is 12.4. The standard InChI is InChI=1S/C13H13N5O5S/c1-9(19)15-10-2-5-12(6-3-10)24(22,23)17-16-13-7-4-11(8-14-13)18(20)21/h2-8,17H,1H3,(H,14,16)(H,15,19). The van der Waals surface area contributed by atoms with Crippen molar-refractivity contribution < 1.29 is 18.1 Å². The first kappa shape index (κ1) is 17.3. The summed E-state index contributed by atoms with van der Waals surface area (Å²) in [5, 5.41) is 13.0. The van der Waals surface area contributed by atoms with E-state index in [1.54, 1.807) is 0 Å². The van der Waals surface area contributed by atoms with Crippen molar-refractivity contribution in [3.05, 3.63) is 52.7 Å². The molecule has 1 aromatic carbocycles. The van der Waals surface area contributed by atoms with Crippen molar-refractivity contribution in [1.29, 1.82) is 0 Å². The van der Waals surface area contributed by atoms with Crippen molar-refractivity contribution in [1.82, 2.24) is 9.82 Å². The van der Waals surface area contributed by atoms with Gasteiger partial charge < -0.3 is 5.32 Å². The fourth-order valence-corrected chi connectivity index (χ4v) is 2.52. The average Bonchev–Trinajstić information content (AvgIpc) is 2.53. The molecule has 0 aliphatic heterocycles. The summed E-state index contributed by atoms with van der Waals surface area (Å²) < 4.78 is 24.2. The van der Waals surface area contributed by atoms with Gasteiger partial charge in [0, 0.05) is 18.7 Å². The third kappa shape index (κ3) is 4.47. The van der Waals surface area contributed by atoms with E-state index in [2.05, 4.69) is 20.6 Å². The molecule has 2 aromatic rings. The third-order valence-electron chi connectivity index (χ3n) is 2.76. The molecule has 1 heterocycles. The monoisotopic (exact) mass is 351 g/mol. The molecule has 0 spiro atoms. The van der Waals surface area contributed by atoms with Gasteiger partial charge in [0.1, 0.15) is 12.0 Å². The van der Waals surface area contributed by atoms with Crippen LogP contribution in [0.5, 0.6) is 0 Å². The molecule has 0 aliphatic carbocycles. The Labute approximate surface area is 137 Å². The Morgan fingerprint density at radius 3 is 2.33 bits per heavy atom. The highest BCUT2D eigenvalue weighted by atomic mass is 32.2. The van der Waals surface area contributed by atoms with Crippen molar-refractivity contribution in [3.8, 4) is 0 Å². The van der Waals surface area contributed by atoms with Crippen LogP contribution in [0, 0.1) is 10.1 Å². The molecule has 0 unspecified atom stereocenters. The molecule has 11 heteroatoms. The van der Waals surface area contributed by atoms with Crippen molar-refractivity contribution in [2.75, 3.05) is 10.7 Å². The summed E-state index contributed by atoms with van der Waals surface area (Å²) >= 11 is 0. The first-order chi connectivity index (χ1) is 11.3. The van der Waals surface area contributed by atoms with Gasteiger partial charge in [-0.1, -0.05) is 0 Å². The first-order valence-electron chi connectivity index (χ1n) is 6.54. The van der Waals surface area contributed by atoms with Gasteiger partial charge in [-0.05, 0) is 30.3 Å². The predicted octanol–water partition coefficient (Wildman–Crippen LogP) is 1.25. The number of rotatable bonds is 6. The maximum atomic E-state index is 12.1. The van der Waals surface area contributed by atoms with Crippen molar-refractivity contribution in [2.45, 2.75) is 11.8 Å². The second-order valence-corrected chi connectivity index (χ2v) is 6.28. The second kappa shape index (κ2) is 7.02. The zero-order valence-corrected chi connectivity index (χ0v) is 13.2. The SMILES string of the molecule is CC(=O)Nc1ccc(S(=O)(=O)NNc2ccc([N+](=O)[O-])cn2)cc1. The van der Waals surface area contributed by atoms with Crippen molar-refractivity contribution in [3.63, 3.8) is 0 Å². The molecule has 1 amide bonds. The number of hydrogen-bond acceptors (Lipinski definition) is 7. The lowest BCUT2D eigenvalue weighted by molar-refractivity contribution is -0.385. The van der Waals surface area contributed by atoms with E-state index in [0.29, 0.717) is 5.69 Å². The lowest BCUT2D eigenvalue weighted by atomic mass is 10.3. The van der Waals surface area contributed by atoms with Gasteiger partial charge in [-0.2, -0.15) is 0 Å². The fourth-order valence-electron chi connectivity index (χ4n) is 1.67. The van der Waals surface area contributed by atoms with Crippen LogP contribution < -0.4 is 15.6 Å². The van der Waals surface area contributed by atoms with Crippen LogP contribution in [0.4, 0.5) is 17.2 Å². The number of nitrogens with one attached hydrogen (secondary N) is 3. The third-order valence-corrected chi connectivity index (χ3v) is 4.02. The Balaban J connectivity index is 2.05. The van der Waals surface area contributed by atoms with E-state index in [-0.39, 0.29) is 22.3 Å². The number of nitro groups is 1. The maximum absolute atomic E-state index is 12.1. The second-order valence-electron chi connectivity index (χ2n) is 4.59. The van der Waals surface area contributed by atoms with E-state index >= 15 is 0 Å². The number of hydrogen-bond donors (Lipinski definition) is 3. The number of anilines is 2. The largest absolute Gasteiger partial charge is 0.326 e. The number of benzene rings is 1. The molecule has 0 bridgehead atoms. The van der Waals surface area contributed by atoms with Crippen LogP contribution in [0.25, 0.3) is 0 Å². The highest BCUT2D eigenvalue weighted by Crippen LogP contribution is 2.15. The van der Waals surface area contributed by atoms with E-state index in [0.717, 1.165) is 6.20 Å². The Morgan fingerprint density at radius 2 is 1.83 bits per heavy atom. The van der Waals surface area contributed by atoms with Gasteiger partial charge in [0.25, 0.3) is 15.7 Å². The van der Waals surface area contributed by atoms with Crippen LogP contribution in [-0.4, -0.2) is 24.2 Å². The molecule has 0 aliphatic rings. The number of carbonyl (C=O) groups excluding carboxylic acids is 1. The molecule has 10 nitrogen and oxygen atoms in total. The number of amides is 1. The van der Waals surface area contributed by atoms with E-state index < -0.39 is 14.9 Å². The van der Waals surface area contributed by atoms with E-state index in [1.807, 2.05) is 0 Å². The van der Waals surface area contributed by atoms with Crippen LogP contribution in [0.3, 0.4) is 0 Å². The summed E-state index contributed by atoms with van der Waals surface area (Å²) in [5.74, 6) is -0.173. The number of aromatic nitrogens is 1. The smallest absolute Gasteiger partial charge is 0.287 e. The predicted molar refractivity (Wildman–Crippen MR) is 85.6 cm³/mol. The summed E-state index contributed by atoms with van der Waals surface area (Å²) in [6, 6.07) is 7.98. The highest BCUT2D eigenvalue weighted by Gasteiger charge is 2.14. The van der Waals surface area contributed by atoms with Gasteiger partial charge in [0.15, 0.2) is 0 Å². The molecular formula is C13H13N5O5S. The molecule has 126 valence electrons. The van der Waals surface area contributed by atoms with Crippen LogP contribution in [-0.2, 0) is 14.8 Å². The van der Waals surface area contributed by atoms with Gasteiger partial charge in [0.05, 0.1) is 9.82 Å². The zero-order chi connectivity index (χ0) is 17.7. The van der Waals surface area contributed by atoms with Gasteiger partial charge in [-0.25, -0.2) is 13.4 Å². The normalized spacial score (nSPS) is 10.9. The molecule has 1 aromatic heterocycles.